The van der Waals surface area contributed by atoms with Gasteiger partial charge in [-0.3, -0.25) is 4.90 Å². The number of ether oxygens (including phenoxy) is 2. The highest BCUT2D eigenvalue weighted by atomic mass is 16.5. The molecule has 1 unspecified atom stereocenters. The van der Waals surface area contributed by atoms with Crippen molar-refractivity contribution in [2.75, 3.05) is 20.3 Å². The first-order chi connectivity index (χ1) is 16.9. The van der Waals surface area contributed by atoms with Gasteiger partial charge in [-0.25, -0.2) is 4.79 Å². The molecule has 1 aromatic heterocycles. The first-order valence-corrected chi connectivity index (χ1v) is 11.6. The molecule has 0 fully saturated rings. The molecule has 0 saturated carbocycles. The monoisotopic (exact) mass is 478 g/mol. The van der Waals surface area contributed by atoms with Crippen LogP contribution in [0.3, 0.4) is 0 Å². The molecule has 184 valence electrons. The number of carbonyl (C=O) groups is 1. The Bertz CT molecular complexity index is 1210. The van der Waals surface area contributed by atoms with Gasteiger partial charge in [-0.2, -0.15) is 4.98 Å². The molecule has 35 heavy (non-hydrogen) atoms. The van der Waals surface area contributed by atoms with Crippen LogP contribution in [-0.2, 0) is 4.74 Å². The molecule has 9 heteroatoms. The molecule has 0 saturated heterocycles. The maximum Gasteiger partial charge on any atom is 0.322 e. The fourth-order valence-electron chi connectivity index (χ4n) is 4.04. The highest BCUT2D eigenvalue weighted by Gasteiger charge is 2.36. The molecule has 3 aromatic rings. The minimum absolute atomic E-state index is 0.0278. The lowest BCUT2D eigenvalue weighted by molar-refractivity contribution is 0.0736. The van der Waals surface area contributed by atoms with E-state index in [2.05, 4.69) is 15.5 Å². The van der Waals surface area contributed by atoms with E-state index in [1.807, 2.05) is 51.1 Å². The highest BCUT2D eigenvalue weighted by molar-refractivity contribution is 5.87. The third-order valence-electron chi connectivity index (χ3n) is 5.80. The van der Waals surface area contributed by atoms with Crippen LogP contribution in [0.15, 0.2) is 58.8 Å². The lowest BCUT2D eigenvalue weighted by atomic mass is 9.94. The topological polar surface area (TPSA) is 110 Å². The van der Waals surface area contributed by atoms with E-state index < -0.39 is 6.04 Å². The quantitative estimate of drug-likeness (QED) is 0.427. The van der Waals surface area contributed by atoms with Gasteiger partial charge in [0.1, 0.15) is 0 Å². The summed E-state index contributed by atoms with van der Waals surface area (Å²) in [5.74, 6) is 1.06. The van der Waals surface area contributed by atoms with Crippen molar-refractivity contribution in [2.24, 2.45) is 0 Å². The number of nitrogens with one attached hydrogen (secondary N) is 1. The number of phenols is 1. The van der Waals surface area contributed by atoms with E-state index in [-0.39, 0.29) is 17.9 Å². The minimum Gasteiger partial charge on any atom is -0.504 e. The van der Waals surface area contributed by atoms with Crippen LogP contribution < -0.4 is 10.1 Å². The van der Waals surface area contributed by atoms with Crippen molar-refractivity contribution >= 4 is 11.6 Å². The predicted molar refractivity (Wildman–Crippen MR) is 131 cm³/mol. The lowest BCUT2D eigenvalue weighted by Gasteiger charge is -2.35. The second kappa shape index (κ2) is 10.6. The van der Waals surface area contributed by atoms with Gasteiger partial charge in [-0.1, -0.05) is 41.6 Å². The van der Waals surface area contributed by atoms with Gasteiger partial charge in [-0.05, 0) is 44.9 Å². The van der Waals surface area contributed by atoms with Crippen molar-refractivity contribution in [2.45, 2.75) is 39.3 Å². The number of urea groups is 1. The number of allylic oxidation sites excluding steroid dienone is 1. The van der Waals surface area contributed by atoms with Crippen LogP contribution in [0.1, 0.15) is 44.7 Å². The minimum atomic E-state index is -0.605. The van der Waals surface area contributed by atoms with Gasteiger partial charge >= 0.3 is 6.03 Å². The van der Waals surface area contributed by atoms with E-state index >= 15 is 0 Å². The van der Waals surface area contributed by atoms with Crippen LogP contribution in [0.2, 0.25) is 0 Å². The summed E-state index contributed by atoms with van der Waals surface area (Å²) in [5, 5.41) is 17.6. The van der Waals surface area contributed by atoms with Gasteiger partial charge in [0, 0.05) is 24.4 Å². The van der Waals surface area contributed by atoms with Crippen molar-refractivity contribution in [1.29, 1.82) is 0 Å². The van der Waals surface area contributed by atoms with Crippen LogP contribution in [0, 0.1) is 0 Å². The van der Waals surface area contributed by atoms with Crippen LogP contribution in [0.4, 0.5) is 4.79 Å². The number of aromatic hydroxyl groups is 1. The summed E-state index contributed by atoms with van der Waals surface area (Å²) in [4.78, 5) is 19.4. The molecule has 2 aromatic carbocycles. The zero-order chi connectivity index (χ0) is 24.9. The van der Waals surface area contributed by atoms with Crippen molar-refractivity contribution in [3.8, 4) is 22.9 Å². The van der Waals surface area contributed by atoms with Gasteiger partial charge in [0.15, 0.2) is 11.5 Å². The second-order valence-electron chi connectivity index (χ2n) is 8.53. The summed E-state index contributed by atoms with van der Waals surface area (Å²) in [5.41, 5.74) is 2.84. The van der Waals surface area contributed by atoms with E-state index in [1.165, 1.54) is 7.11 Å². The summed E-state index contributed by atoms with van der Waals surface area (Å²) in [6, 6.07) is 13.7. The third-order valence-corrected chi connectivity index (χ3v) is 5.80. The number of rotatable bonds is 9. The van der Waals surface area contributed by atoms with Gasteiger partial charge in [0.2, 0.25) is 5.82 Å². The van der Waals surface area contributed by atoms with Gasteiger partial charge in [0.25, 0.3) is 5.89 Å². The zero-order valence-corrected chi connectivity index (χ0v) is 20.3. The Kier molecular flexibility index (Phi) is 7.36. The Labute approximate surface area is 204 Å². The van der Waals surface area contributed by atoms with Crippen molar-refractivity contribution < 1.29 is 23.9 Å². The molecule has 0 spiro atoms. The summed E-state index contributed by atoms with van der Waals surface area (Å²) < 4.78 is 16.5. The molecule has 1 aliphatic rings. The molecular weight excluding hydrogens is 448 g/mol. The molecule has 2 N–H and O–H groups in total. The molecule has 0 bridgehead atoms. The average molecular weight is 479 g/mol. The Balaban J connectivity index is 1.73. The number of carbonyl (C=O) groups excluding carboxylic acids is 1. The fraction of sp³-hybridized carbons (Fsp3) is 0.346. The van der Waals surface area contributed by atoms with E-state index in [1.54, 1.807) is 23.1 Å². The molecule has 0 radical (unpaired) electrons. The molecule has 2 heterocycles. The van der Waals surface area contributed by atoms with E-state index in [9.17, 15) is 9.90 Å². The Hall–Kier alpha value is -3.85. The molecule has 0 aliphatic carbocycles. The molecule has 4 rings (SSSR count). The Morgan fingerprint density at radius 3 is 2.66 bits per heavy atom. The smallest absolute Gasteiger partial charge is 0.322 e. The number of hydrogen-bond donors (Lipinski definition) is 2. The van der Waals surface area contributed by atoms with Crippen LogP contribution >= 0.6 is 0 Å². The molecule has 9 nitrogen and oxygen atoms in total. The van der Waals surface area contributed by atoms with E-state index in [4.69, 9.17) is 14.0 Å². The normalized spacial score (nSPS) is 16.1. The molecule has 1 aliphatic heterocycles. The lowest BCUT2D eigenvalue weighted by Crippen LogP contribution is -2.46. The van der Waals surface area contributed by atoms with E-state index in [0.717, 1.165) is 5.56 Å². The summed E-state index contributed by atoms with van der Waals surface area (Å²) >= 11 is 0. The largest absolute Gasteiger partial charge is 0.504 e. The van der Waals surface area contributed by atoms with Gasteiger partial charge in [-0.15, -0.1) is 0 Å². The number of nitrogens with zero attached hydrogens (tertiary/aromatic N) is 3. The molecular formula is C26H30N4O5. The van der Waals surface area contributed by atoms with Crippen LogP contribution in [-0.4, -0.2) is 52.5 Å². The average Bonchev–Trinajstić information content (AvgIpc) is 3.33. The number of hydrogen-bond acceptors (Lipinski definition) is 7. The SMILES string of the molecule is COc1ccc(C2NC(=O)N(CCCOC(C)C)C(C)=C2c2nc(-c3ccccc3)no2)cc1O. The number of benzene rings is 2. The number of methoxy groups -OCH3 is 1. The number of aromatic nitrogens is 2. The maximum atomic E-state index is 13.1. The first kappa shape index (κ1) is 24.3. The van der Waals surface area contributed by atoms with Gasteiger partial charge < -0.3 is 24.4 Å². The maximum absolute atomic E-state index is 13.1. The zero-order valence-electron chi connectivity index (χ0n) is 20.3. The Morgan fingerprint density at radius 1 is 1.20 bits per heavy atom. The van der Waals surface area contributed by atoms with Gasteiger partial charge in [0.05, 0.1) is 24.8 Å². The highest BCUT2D eigenvalue weighted by Crippen LogP contribution is 2.39. The van der Waals surface area contributed by atoms with Crippen molar-refractivity contribution in [1.82, 2.24) is 20.4 Å². The van der Waals surface area contributed by atoms with Crippen LogP contribution in [0.25, 0.3) is 17.0 Å². The fourth-order valence-corrected chi connectivity index (χ4v) is 4.04. The second-order valence-corrected chi connectivity index (χ2v) is 8.53. The van der Waals surface area contributed by atoms with E-state index in [0.29, 0.717) is 53.9 Å². The van der Waals surface area contributed by atoms with Crippen molar-refractivity contribution in [3.05, 3.63) is 65.7 Å². The Morgan fingerprint density at radius 2 is 1.97 bits per heavy atom. The summed E-state index contributed by atoms with van der Waals surface area (Å²) in [6.45, 7) is 6.82. The standard InChI is InChI=1S/C26H30N4O5/c1-16(2)34-14-8-13-30-17(3)22(25-28-24(29-35-25)18-9-6-5-7-10-18)23(27-26(30)32)19-11-12-21(33-4)20(31)15-19/h5-7,9-12,15-16,23,31H,8,13-14H2,1-4H3,(H,27,32). The summed E-state index contributed by atoms with van der Waals surface area (Å²) in [7, 11) is 1.48. The predicted octanol–water partition coefficient (Wildman–Crippen LogP) is 4.76. The first-order valence-electron chi connectivity index (χ1n) is 11.6. The number of phenolic OH excluding ortho intramolecular Hbond substituents is 1. The number of amides is 2. The van der Waals surface area contributed by atoms with Crippen LogP contribution in [0.5, 0.6) is 11.5 Å². The molecule has 2 amide bonds. The molecule has 1 atom stereocenters. The third kappa shape index (κ3) is 5.30. The summed E-state index contributed by atoms with van der Waals surface area (Å²) in [6.07, 6.45) is 0.794. The van der Waals surface area contributed by atoms with Crippen molar-refractivity contribution in [3.63, 3.8) is 0 Å².